The number of carbonyl (C=O) groups is 1. The average Bonchev–Trinajstić information content (AvgIpc) is 3.45. The zero-order chi connectivity index (χ0) is 27.9. The third-order valence-electron chi connectivity index (χ3n) is 6.96. The average molecular weight is 568 g/mol. The highest BCUT2D eigenvalue weighted by molar-refractivity contribution is 6.74. The minimum Gasteiger partial charge on any atom is -0.412 e. The summed E-state index contributed by atoms with van der Waals surface area (Å²) >= 11 is 6.00. The number of benzene rings is 2. The quantitative estimate of drug-likeness (QED) is 0.292. The van der Waals surface area contributed by atoms with E-state index in [9.17, 15) is 18.0 Å². The standard InChI is InChI=1S/C26H29ClF3N3O4Si/c1-25(2,3)38(4,5)37-20-14-21(33(15-20)24(34)17-6-10-18(27)11-7-17)23-31-22(32-36-23)16-8-12-19(13-9-16)35-26(28,29)30/h6-13,20-21H,14-15H2,1-5H3/t20-,21+/m1/s1. The minimum atomic E-state index is -4.79. The van der Waals surface area contributed by atoms with E-state index in [-0.39, 0.29) is 34.5 Å². The van der Waals surface area contributed by atoms with Gasteiger partial charge in [-0.25, -0.2) is 0 Å². The second kappa shape index (κ2) is 10.3. The molecule has 7 nitrogen and oxygen atoms in total. The molecule has 0 saturated carbocycles. The Hall–Kier alpha value is -2.89. The molecule has 1 saturated heterocycles. The molecule has 3 aromatic rings. The molecule has 0 unspecified atom stereocenters. The molecule has 1 fully saturated rings. The molecule has 204 valence electrons. The van der Waals surface area contributed by atoms with Gasteiger partial charge >= 0.3 is 6.36 Å². The van der Waals surface area contributed by atoms with E-state index in [2.05, 4.69) is 48.7 Å². The zero-order valence-electron chi connectivity index (χ0n) is 21.7. The summed E-state index contributed by atoms with van der Waals surface area (Å²) < 4.78 is 53.5. The van der Waals surface area contributed by atoms with Crippen LogP contribution in [0.15, 0.2) is 53.1 Å². The Labute approximate surface area is 225 Å². The van der Waals surface area contributed by atoms with E-state index >= 15 is 0 Å². The molecule has 0 bridgehead atoms. The van der Waals surface area contributed by atoms with Gasteiger partial charge in [0.1, 0.15) is 11.8 Å². The van der Waals surface area contributed by atoms with Crippen molar-refractivity contribution in [3.05, 3.63) is 65.0 Å². The molecule has 2 heterocycles. The first-order chi connectivity index (χ1) is 17.6. The van der Waals surface area contributed by atoms with Crippen LogP contribution in [-0.4, -0.2) is 48.3 Å². The second-order valence-corrected chi connectivity index (χ2v) is 15.9. The van der Waals surface area contributed by atoms with E-state index in [0.29, 0.717) is 29.1 Å². The van der Waals surface area contributed by atoms with E-state index in [4.69, 9.17) is 20.6 Å². The molecule has 1 aliphatic heterocycles. The molecule has 4 rings (SSSR count). The molecule has 1 aromatic heterocycles. The van der Waals surface area contributed by atoms with Crippen molar-refractivity contribution in [1.29, 1.82) is 0 Å². The summed E-state index contributed by atoms with van der Waals surface area (Å²) in [6.45, 7) is 11.1. The lowest BCUT2D eigenvalue weighted by Crippen LogP contribution is -2.44. The first-order valence-electron chi connectivity index (χ1n) is 12.1. The summed E-state index contributed by atoms with van der Waals surface area (Å²) in [5.74, 6) is -0.169. The van der Waals surface area contributed by atoms with Crippen molar-refractivity contribution in [3.63, 3.8) is 0 Å². The number of likely N-dealkylation sites (tertiary alicyclic amines) is 1. The molecule has 0 radical (unpaired) electrons. The van der Waals surface area contributed by atoms with Gasteiger partial charge in [0.05, 0.1) is 6.10 Å². The van der Waals surface area contributed by atoms with Crippen molar-refractivity contribution in [2.45, 2.75) is 63.8 Å². The Morgan fingerprint density at radius 1 is 1.08 bits per heavy atom. The Morgan fingerprint density at radius 3 is 2.29 bits per heavy atom. The molecular weight excluding hydrogens is 539 g/mol. The van der Waals surface area contributed by atoms with Crippen LogP contribution in [0.3, 0.4) is 0 Å². The lowest BCUT2D eigenvalue weighted by atomic mass is 10.1. The fourth-order valence-corrected chi connectivity index (χ4v) is 5.47. The topological polar surface area (TPSA) is 77.7 Å². The van der Waals surface area contributed by atoms with Crippen LogP contribution in [0.1, 0.15) is 49.5 Å². The van der Waals surface area contributed by atoms with Crippen molar-refractivity contribution >= 4 is 25.8 Å². The lowest BCUT2D eigenvalue weighted by molar-refractivity contribution is -0.274. The van der Waals surface area contributed by atoms with Gasteiger partial charge in [-0.3, -0.25) is 4.79 Å². The Kier molecular flexibility index (Phi) is 7.66. The molecule has 1 amide bonds. The first-order valence-corrected chi connectivity index (χ1v) is 15.4. The molecule has 12 heteroatoms. The predicted molar refractivity (Wildman–Crippen MR) is 138 cm³/mol. The number of alkyl halides is 3. The smallest absolute Gasteiger partial charge is 0.412 e. The Balaban J connectivity index is 1.60. The van der Waals surface area contributed by atoms with Gasteiger partial charge in [-0.15, -0.1) is 13.2 Å². The van der Waals surface area contributed by atoms with Crippen molar-refractivity contribution in [2.75, 3.05) is 6.54 Å². The summed E-state index contributed by atoms with van der Waals surface area (Å²) in [6.07, 6.45) is -4.55. The summed E-state index contributed by atoms with van der Waals surface area (Å²) in [5, 5.41) is 4.52. The molecule has 1 aliphatic rings. The van der Waals surface area contributed by atoms with Crippen molar-refractivity contribution in [2.24, 2.45) is 0 Å². The number of hydrogen-bond acceptors (Lipinski definition) is 6. The summed E-state index contributed by atoms with van der Waals surface area (Å²) in [7, 11) is -2.14. The monoisotopic (exact) mass is 567 g/mol. The van der Waals surface area contributed by atoms with Crippen LogP contribution < -0.4 is 4.74 Å². The summed E-state index contributed by atoms with van der Waals surface area (Å²) in [5.41, 5.74) is 0.907. The molecule has 0 aliphatic carbocycles. The number of carbonyl (C=O) groups excluding carboxylic acids is 1. The third-order valence-corrected chi connectivity index (χ3v) is 11.7. The fraction of sp³-hybridized carbons (Fsp3) is 0.423. The Bertz CT molecular complexity index is 1270. The number of nitrogens with zero attached hydrogens (tertiary/aromatic N) is 3. The molecule has 0 spiro atoms. The van der Waals surface area contributed by atoms with Gasteiger partial charge in [0, 0.05) is 29.1 Å². The van der Waals surface area contributed by atoms with Crippen molar-refractivity contribution in [1.82, 2.24) is 15.0 Å². The normalized spacial score (nSPS) is 18.6. The van der Waals surface area contributed by atoms with Crippen LogP contribution in [0, 0.1) is 0 Å². The number of ether oxygens (including phenoxy) is 1. The van der Waals surface area contributed by atoms with Gasteiger partial charge in [0.15, 0.2) is 8.32 Å². The highest BCUT2D eigenvalue weighted by Crippen LogP contribution is 2.41. The maximum atomic E-state index is 13.5. The highest BCUT2D eigenvalue weighted by atomic mass is 35.5. The molecule has 0 N–H and O–H groups in total. The summed E-state index contributed by atoms with van der Waals surface area (Å²) in [6, 6.07) is 11.3. The zero-order valence-corrected chi connectivity index (χ0v) is 23.4. The van der Waals surface area contributed by atoms with E-state index in [1.807, 2.05) is 0 Å². The van der Waals surface area contributed by atoms with Gasteiger partial charge in [0.2, 0.25) is 11.7 Å². The van der Waals surface area contributed by atoms with Gasteiger partial charge in [-0.05, 0) is 66.7 Å². The Morgan fingerprint density at radius 2 is 1.71 bits per heavy atom. The molecular formula is C26H29ClF3N3O4Si. The predicted octanol–water partition coefficient (Wildman–Crippen LogP) is 7.27. The van der Waals surface area contributed by atoms with E-state index in [1.165, 1.54) is 24.3 Å². The van der Waals surface area contributed by atoms with Crippen LogP contribution in [0.4, 0.5) is 13.2 Å². The fourth-order valence-electron chi connectivity index (χ4n) is 3.99. The van der Waals surface area contributed by atoms with Crippen LogP contribution in [-0.2, 0) is 4.43 Å². The summed E-state index contributed by atoms with van der Waals surface area (Å²) in [4.78, 5) is 19.7. The largest absolute Gasteiger partial charge is 0.573 e. The minimum absolute atomic E-state index is 0.0181. The molecule has 2 atom stereocenters. The van der Waals surface area contributed by atoms with Crippen molar-refractivity contribution < 1.29 is 31.7 Å². The second-order valence-electron chi connectivity index (χ2n) is 10.7. The number of hydrogen-bond donors (Lipinski definition) is 0. The molecule has 38 heavy (non-hydrogen) atoms. The van der Waals surface area contributed by atoms with E-state index in [1.54, 1.807) is 29.2 Å². The van der Waals surface area contributed by atoms with Crippen LogP contribution in [0.5, 0.6) is 5.75 Å². The van der Waals surface area contributed by atoms with E-state index < -0.39 is 20.7 Å². The number of amides is 1. The van der Waals surface area contributed by atoms with Gasteiger partial charge < -0.3 is 18.6 Å². The van der Waals surface area contributed by atoms with Crippen LogP contribution in [0.25, 0.3) is 11.4 Å². The first kappa shape index (κ1) is 28.1. The van der Waals surface area contributed by atoms with Crippen molar-refractivity contribution in [3.8, 4) is 17.1 Å². The van der Waals surface area contributed by atoms with Crippen LogP contribution >= 0.6 is 11.6 Å². The van der Waals surface area contributed by atoms with Gasteiger partial charge in [-0.2, -0.15) is 4.98 Å². The highest BCUT2D eigenvalue weighted by Gasteiger charge is 2.45. The lowest BCUT2D eigenvalue weighted by Gasteiger charge is -2.38. The van der Waals surface area contributed by atoms with Crippen LogP contribution in [0.2, 0.25) is 23.2 Å². The third kappa shape index (κ3) is 6.39. The van der Waals surface area contributed by atoms with Gasteiger partial charge in [0.25, 0.3) is 5.91 Å². The number of aromatic nitrogens is 2. The SMILES string of the molecule is CC(C)(C)[Si](C)(C)O[C@@H]1C[C@@H](c2nc(-c3ccc(OC(F)(F)F)cc3)no2)N(C(=O)c2ccc(Cl)cc2)C1. The van der Waals surface area contributed by atoms with Gasteiger partial charge in [-0.1, -0.05) is 37.5 Å². The number of halogens is 4. The maximum Gasteiger partial charge on any atom is 0.573 e. The molecule has 2 aromatic carbocycles. The number of rotatable bonds is 6. The van der Waals surface area contributed by atoms with E-state index in [0.717, 1.165) is 0 Å². The maximum absolute atomic E-state index is 13.5.